The number of guanidine groups is 1. The van der Waals surface area contributed by atoms with Crippen LogP contribution >= 0.6 is 0 Å². The SMILES string of the molecule is Cc1cc(C2C=CCCC2)c([N+](=O)[O-])cc1C(=O)N=C(N)N. The third kappa shape index (κ3) is 3.30. The number of benzene rings is 1. The monoisotopic (exact) mass is 302 g/mol. The van der Waals surface area contributed by atoms with E-state index in [1.807, 2.05) is 12.2 Å². The molecule has 1 atom stereocenters. The van der Waals surface area contributed by atoms with Crippen LogP contribution in [-0.2, 0) is 0 Å². The predicted octanol–water partition coefficient (Wildman–Crippen LogP) is 2.14. The van der Waals surface area contributed by atoms with Gasteiger partial charge in [-0.3, -0.25) is 14.9 Å². The Morgan fingerprint density at radius 1 is 1.41 bits per heavy atom. The lowest BCUT2D eigenvalue weighted by molar-refractivity contribution is -0.385. The zero-order valence-electron chi connectivity index (χ0n) is 12.3. The van der Waals surface area contributed by atoms with Crippen LogP contribution in [0.2, 0.25) is 0 Å². The maximum atomic E-state index is 12.0. The lowest BCUT2D eigenvalue weighted by Gasteiger charge is -2.18. The first-order valence-electron chi connectivity index (χ1n) is 6.99. The molecular formula is C15H18N4O3. The van der Waals surface area contributed by atoms with Gasteiger partial charge in [0.05, 0.1) is 10.5 Å². The summed E-state index contributed by atoms with van der Waals surface area (Å²) in [6, 6.07) is 2.95. The fourth-order valence-electron chi connectivity index (χ4n) is 2.65. The van der Waals surface area contributed by atoms with Gasteiger partial charge in [0.1, 0.15) is 0 Å². The summed E-state index contributed by atoms with van der Waals surface area (Å²) < 4.78 is 0. The highest BCUT2D eigenvalue weighted by molar-refractivity contribution is 6.03. The smallest absolute Gasteiger partial charge is 0.280 e. The van der Waals surface area contributed by atoms with Gasteiger partial charge in [0.15, 0.2) is 5.96 Å². The summed E-state index contributed by atoms with van der Waals surface area (Å²) in [5, 5.41) is 11.4. The van der Waals surface area contributed by atoms with Gasteiger partial charge < -0.3 is 11.5 Å². The number of carbonyl (C=O) groups excluding carboxylic acids is 1. The third-order valence-corrected chi connectivity index (χ3v) is 3.69. The standard InChI is InChI=1S/C15H18N4O3/c1-9-7-12(10-5-3-2-4-6-10)13(19(21)22)8-11(9)14(20)18-15(16)17/h3,5,7-8,10H,2,4,6H2,1H3,(H4,16,17,18,20). The van der Waals surface area contributed by atoms with Crippen molar-refractivity contribution in [3.05, 3.63) is 51.1 Å². The average molecular weight is 302 g/mol. The largest absolute Gasteiger partial charge is 0.370 e. The van der Waals surface area contributed by atoms with E-state index in [1.54, 1.807) is 13.0 Å². The molecule has 1 amide bonds. The van der Waals surface area contributed by atoms with Crippen molar-refractivity contribution in [3.8, 4) is 0 Å². The van der Waals surface area contributed by atoms with Gasteiger partial charge in [0, 0.05) is 17.5 Å². The molecule has 2 rings (SSSR count). The molecule has 0 saturated heterocycles. The van der Waals surface area contributed by atoms with Crippen LogP contribution in [-0.4, -0.2) is 16.8 Å². The molecule has 0 radical (unpaired) electrons. The molecule has 1 aliphatic carbocycles. The van der Waals surface area contributed by atoms with E-state index < -0.39 is 10.8 Å². The number of amides is 1. The summed E-state index contributed by atoms with van der Waals surface area (Å²) in [4.78, 5) is 26.3. The van der Waals surface area contributed by atoms with Crippen molar-refractivity contribution in [2.24, 2.45) is 16.5 Å². The lowest BCUT2D eigenvalue weighted by Crippen LogP contribution is -2.24. The van der Waals surface area contributed by atoms with Crippen LogP contribution in [0.4, 0.5) is 5.69 Å². The quantitative estimate of drug-likeness (QED) is 0.291. The Balaban J connectivity index is 2.53. The van der Waals surface area contributed by atoms with Crippen molar-refractivity contribution in [3.63, 3.8) is 0 Å². The van der Waals surface area contributed by atoms with E-state index in [0.29, 0.717) is 11.1 Å². The Morgan fingerprint density at radius 3 is 2.68 bits per heavy atom. The number of nitro groups is 1. The van der Waals surface area contributed by atoms with Crippen molar-refractivity contribution in [2.45, 2.75) is 32.1 Å². The van der Waals surface area contributed by atoms with Crippen molar-refractivity contribution < 1.29 is 9.72 Å². The fraction of sp³-hybridized carbons (Fsp3) is 0.333. The number of nitrogens with two attached hydrogens (primary N) is 2. The van der Waals surface area contributed by atoms with E-state index in [0.717, 1.165) is 19.3 Å². The molecular weight excluding hydrogens is 284 g/mol. The zero-order chi connectivity index (χ0) is 16.3. The van der Waals surface area contributed by atoms with Crippen LogP contribution in [0.1, 0.15) is 46.7 Å². The summed E-state index contributed by atoms with van der Waals surface area (Å²) in [5.74, 6) is -1.04. The molecule has 1 aliphatic rings. The van der Waals surface area contributed by atoms with Gasteiger partial charge in [0.25, 0.3) is 11.6 Å². The number of allylic oxidation sites excluding steroid dienone is 2. The molecule has 7 heteroatoms. The highest BCUT2D eigenvalue weighted by atomic mass is 16.6. The normalized spacial score (nSPS) is 17.0. The number of hydrogen-bond acceptors (Lipinski definition) is 3. The van der Waals surface area contributed by atoms with E-state index in [1.165, 1.54) is 6.07 Å². The first-order valence-corrected chi connectivity index (χ1v) is 6.99. The van der Waals surface area contributed by atoms with Gasteiger partial charge >= 0.3 is 0 Å². The second kappa shape index (κ2) is 6.38. The first kappa shape index (κ1) is 15.7. The van der Waals surface area contributed by atoms with Crippen LogP contribution < -0.4 is 11.5 Å². The molecule has 116 valence electrons. The highest BCUT2D eigenvalue weighted by Gasteiger charge is 2.25. The lowest BCUT2D eigenvalue weighted by atomic mass is 9.86. The van der Waals surface area contributed by atoms with E-state index in [9.17, 15) is 14.9 Å². The Bertz CT molecular complexity index is 676. The van der Waals surface area contributed by atoms with Crippen LogP contribution in [0.15, 0.2) is 29.3 Å². The molecule has 0 saturated carbocycles. The molecule has 1 aromatic carbocycles. The number of nitro benzene ring substituents is 1. The zero-order valence-corrected chi connectivity index (χ0v) is 12.3. The molecule has 0 aromatic heterocycles. The molecule has 0 aliphatic heterocycles. The second-order valence-electron chi connectivity index (χ2n) is 5.29. The Kier molecular flexibility index (Phi) is 4.55. The van der Waals surface area contributed by atoms with Crippen LogP contribution in [0.5, 0.6) is 0 Å². The number of carbonyl (C=O) groups is 1. The summed E-state index contributed by atoms with van der Waals surface area (Å²) in [6.07, 6.45) is 6.86. The van der Waals surface area contributed by atoms with Gasteiger partial charge in [-0.15, -0.1) is 0 Å². The minimum Gasteiger partial charge on any atom is -0.370 e. The van der Waals surface area contributed by atoms with E-state index in [2.05, 4.69) is 4.99 Å². The maximum Gasteiger partial charge on any atom is 0.280 e. The summed E-state index contributed by atoms with van der Waals surface area (Å²) >= 11 is 0. The molecule has 4 N–H and O–H groups in total. The van der Waals surface area contributed by atoms with Gasteiger partial charge in [-0.2, -0.15) is 4.99 Å². The van der Waals surface area contributed by atoms with E-state index >= 15 is 0 Å². The summed E-state index contributed by atoms with van der Waals surface area (Å²) in [7, 11) is 0. The number of rotatable bonds is 3. The maximum absolute atomic E-state index is 12.0. The van der Waals surface area contributed by atoms with Gasteiger partial charge in [0.2, 0.25) is 0 Å². The van der Waals surface area contributed by atoms with Crippen LogP contribution in [0.3, 0.4) is 0 Å². The second-order valence-corrected chi connectivity index (χ2v) is 5.29. The number of nitrogens with zero attached hydrogens (tertiary/aromatic N) is 2. The number of hydrogen-bond donors (Lipinski definition) is 2. The van der Waals surface area contributed by atoms with Gasteiger partial charge in [-0.05, 0) is 37.8 Å². The number of aliphatic imine (C=N–C) groups is 1. The van der Waals surface area contributed by atoms with Gasteiger partial charge in [-0.1, -0.05) is 12.2 Å². The Hall–Kier alpha value is -2.70. The first-order chi connectivity index (χ1) is 10.4. The summed E-state index contributed by atoms with van der Waals surface area (Å²) in [6.45, 7) is 1.72. The molecule has 0 spiro atoms. The highest BCUT2D eigenvalue weighted by Crippen LogP contribution is 2.35. The third-order valence-electron chi connectivity index (χ3n) is 3.69. The fourth-order valence-corrected chi connectivity index (χ4v) is 2.65. The van der Waals surface area contributed by atoms with E-state index in [-0.39, 0.29) is 23.1 Å². The summed E-state index contributed by atoms with van der Waals surface area (Å²) in [5.41, 5.74) is 11.7. The average Bonchev–Trinajstić information content (AvgIpc) is 2.46. The number of aryl methyl sites for hydroxylation is 1. The van der Waals surface area contributed by atoms with Crippen molar-refractivity contribution in [1.82, 2.24) is 0 Å². The topological polar surface area (TPSA) is 125 Å². The predicted molar refractivity (Wildman–Crippen MR) is 83.7 cm³/mol. The Morgan fingerprint density at radius 2 is 2.14 bits per heavy atom. The molecule has 1 unspecified atom stereocenters. The minimum absolute atomic E-state index is 0.0000752. The molecule has 0 heterocycles. The molecule has 0 bridgehead atoms. The molecule has 0 fully saturated rings. The minimum atomic E-state index is -0.675. The van der Waals surface area contributed by atoms with Crippen molar-refractivity contribution in [1.29, 1.82) is 0 Å². The van der Waals surface area contributed by atoms with Gasteiger partial charge in [-0.25, -0.2) is 0 Å². The van der Waals surface area contributed by atoms with Crippen molar-refractivity contribution in [2.75, 3.05) is 0 Å². The molecule has 7 nitrogen and oxygen atoms in total. The molecule has 22 heavy (non-hydrogen) atoms. The van der Waals surface area contributed by atoms with Crippen molar-refractivity contribution >= 4 is 17.6 Å². The van der Waals surface area contributed by atoms with E-state index in [4.69, 9.17) is 11.5 Å². The molecule has 1 aromatic rings. The Labute approximate surface area is 127 Å². The van der Waals surface area contributed by atoms with Crippen LogP contribution in [0, 0.1) is 17.0 Å². The van der Waals surface area contributed by atoms with Crippen LogP contribution in [0.25, 0.3) is 0 Å².